The van der Waals surface area contributed by atoms with Gasteiger partial charge in [-0.1, -0.05) is 56.3 Å². The van der Waals surface area contributed by atoms with E-state index in [0.717, 1.165) is 31.5 Å². The Morgan fingerprint density at radius 2 is 1.72 bits per heavy atom. The zero-order chi connectivity index (χ0) is 25.2. The zero-order valence-corrected chi connectivity index (χ0v) is 20.9. The fourth-order valence-corrected chi connectivity index (χ4v) is 5.64. The summed E-state index contributed by atoms with van der Waals surface area (Å²) in [6.45, 7) is 6.22. The van der Waals surface area contributed by atoms with Gasteiger partial charge in [-0.3, -0.25) is 14.5 Å². The van der Waals surface area contributed by atoms with Crippen LogP contribution in [0.4, 0.5) is 10.5 Å². The van der Waals surface area contributed by atoms with Crippen molar-refractivity contribution < 1.29 is 19.1 Å². The third-order valence-electron chi connectivity index (χ3n) is 7.36. The molecule has 0 radical (unpaired) electrons. The van der Waals surface area contributed by atoms with Gasteiger partial charge in [0.25, 0.3) is 5.91 Å². The molecule has 2 saturated heterocycles. The summed E-state index contributed by atoms with van der Waals surface area (Å²) in [6.07, 6.45) is 1.12. The van der Waals surface area contributed by atoms with Crippen LogP contribution in [0.5, 0.6) is 0 Å². The van der Waals surface area contributed by atoms with E-state index in [0.29, 0.717) is 17.7 Å². The Bertz CT molecular complexity index is 1120. The molecule has 8 heteroatoms. The number of anilines is 1. The number of piperidine rings is 1. The predicted octanol–water partition coefficient (Wildman–Crippen LogP) is 3.62. The van der Waals surface area contributed by atoms with Crippen LogP contribution in [-0.2, 0) is 16.1 Å². The van der Waals surface area contributed by atoms with Crippen LogP contribution in [0.1, 0.15) is 49.0 Å². The molecular formula is C28H34N4O4. The molecule has 5 rings (SSSR count). The van der Waals surface area contributed by atoms with Crippen molar-refractivity contribution >= 4 is 23.6 Å². The van der Waals surface area contributed by atoms with E-state index in [9.17, 15) is 14.4 Å². The molecule has 3 aliphatic rings. The zero-order valence-electron chi connectivity index (χ0n) is 20.9. The van der Waals surface area contributed by atoms with Crippen LogP contribution in [0.3, 0.4) is 0 Å². The molecule has 2 atom stereocenters. The summed E-state index contributed by atoms with van der Waals surface area (Å²) in [5.41, 5.74) is 1.84. The molecule has 0 spiro atoms. The quantitative estimate of drug-likeness (QED) is 0.692. The number of hydrogen-bond donors (Lipinski definition) is 1. The van der Waals surface area contributed by atoms with Crippen LogP contribution in [0.15, 0.2) is 54.6 Å². The largest absolute Gasteiger partial charge is 0.444 e. The molecule has 3 aliphatic heterocycles. The molecule has 2 fully saturated rings. The van der Waals surface area contributed by atoms with Gasteiger partial charge in [0.15, 0.2) is 0 Å². The van der Waals surface area contributed by atoms with Gasteiger partial charge in [-0.05, 0) is 56.0 Å². The summed E-state index contributed by atoms with van der Waals surface area (Å²) in [6, 6.07) is 16.1. The van der Waals surface area contributed by atoms with Crippen molar-refractivity contribution in [2.24, 2.45) is 5.92 Å². The van der Waals surface area contributed by atoms with Gasteiger partial charge in [0.05, 0.1) is 17.8 Å². The minimum Gasteiger partial charge on any atom is -0.444 e. The number of benzene rings is 2. The molecule has 0 aromatic heterocycles. The molecule has 3 heterocycles. The molecule has 1 N–H and O–H groups in total. The fraction of sp³-hybridized carbons (Fsp3) is 0.464. The number of nitrogens with zero attached hydrogens (tertiary/aromatic N) is 3. The lowest BCUT2D eigenvalue weighted by molar-refractivity contribution is -0.147. The Balaban J connectivity index is 1.52. The van der Waals surface area contributed by atoms with Crippen LogP contribution in [0.25, 0.3) is 0 Å². The Hall–Kier alpha value is -3.39. The molecule has 0 unspecified atom stereocenters. The van der Waals surface area contributed by atoms with Crippen LogP contribution >= 0.6 is 0 Å². The summed E-state index contributed by atoms with van der Waals surface area (Å²) in [5, 5.41) is 3.36. The SMILES string of the molecule is CC(C)C[C@H]1C(=O)N(C2CCNCC2)C[C@@H]2N(C(=O)OCc3ccccc3)c3ccccc3C(=O)N21. The minimum atomic E-state index is -0.621. The highest BCUT2D eigenvalue weighted by atomic mass is 16.6. The second-order valence-electron chi connectivity index (χ2n) is 10.2. The lowest BCUT2D eigenvalue weighted by atomic mass is 9.92. The molecule has 8 nitrogen and oxygen atoms in total. The topological polar surface area (TPSA) is 82.2 Å². The van der Waals surface area contributed by atoms with Crippen molar-refractivity contribution in [1.29, 1.82) is 0 Å². The number of piperazine rings is 1. The third-order valence-corrected chi connectivity index (χ3v) is 7.36. The first-order valence-electron chi connectivity index (χ1n) is 12.9. The lowest BCUT2D eigenvalue weighted by Gasteiger charge is -2.54. The summed E-state index contributed by atoms with van der Waals surface area (Å²) < 4.78 is 5.77. The number of hydrogen-bond acceptors (Lipinski definition) is 5. The fourth-order valence-electron chi connectivity index (χ4n) is 5.64. The average molecular weight is 491 g/mol. The second-order valence-corrected chi connectivity index (χ2v) is 10.2. The first-order chi connectivity index (χ1) is 17.5. The van der Waals surface area contributed by atoms with Gasteiger partial charge < -0.3 is 19.9 Å². The minimum absolute atomic E-state index is 0.0165. The van der Waals surface area contributed by atoms with E-state index in [1.807, 2.05) is 41.3 Å². The smallest absolute Gasteiger partial charge is 0.416 e. The molecule has 2 aromatic carbocycles. The Morgan fingerprint density at radius 1 is 1.03 bits per heavy atom. The highest BCUT2D eigenvalue weighted by Gasteiger charge is 2.52. The average Bonchev–Trinajstić information content (AvgIpc) is 2.90. The number of rotatable bonds is 5. The summed E-state index contributed by atoms with van der Waals surface area (Å²) in [7, 11) is 0. The molecule has 0 saturated carbocycles. The number of amides is 3. The highest BCUT2D eigenvalue weighted by Crippen LogP contribution is 2.38. The molecule has 190 valence electrons. The van der Waals surface area contributed by atoms with Crippen molar-refractivity contribution in [2.45, 2.75) is 58.0 Å². The van der Waals surface area contributed by atoms with Gasteiger partial charge in [-0.15, -0.1) is 0 Å². The van der Waals surface area contributed by atoms with Gasteiger partial charge in [-0.2, -0.15) is 0 Å². The van der Waals surface area contributed by atoms with E-state index in [1.54, 1.807) is 28.0 Å². The third kappa shape index (κ3) is 4.57. The molecule has 0 bridgehead atoms. The number of nitrogens with one attached hydrogen (secondary N) is 1. The van der Waals surface area contributed by atoms with E-state index in [1.165, 1.54) is 0 Å². The van der Waals surface area contributed by atoms with E-state index in [2.05, 4.69) is 19.2 Å². The molecule has 0 aliphatic carbocycles. The van der Waals surface area contributed by atoms with Crippen molar-refractivity contribution in [2.75, 3.05) is 24.5 Å². The van der Waals surface area contributed by atoms with Gasteiger partial charge in [-0.25, -0.2) is 4.79 Å². The number of ether oxygens (including phenoxy) is 1. The van der Waals surface area contributed by atoms with Crippen molar-refractivity contribution in [3.63, 3.8) is 0 Å². The second kappa shape index (κ2) is 10.3. The standard InChI is InChI=1S/C28H34N4O4/c1-19(2)16-24-27(34)30(21-12-14-29-15-13-21)17-25-31(24)26(33)22-10-6-7-11-23(22)32(25)28(35)36-18-20-8-4-3-5-9-20/h3-11,19,21,24-25,29H,12-18H2,1-2H3/t24-,25-/m0/s1. The van der Waals surface area contributed by atoms with Crippen LogP contribution in [0, 0.1) is 5.92 Å². The normalized spacial score (nSPS) is 22.5. The summed E-state index contributed by atoms with van der Waals surface area (Å²) in [4.78, 5) is 46.4. The maximum atomic E-state index is 13.8. The summed E-state index contributed by atoms with van der Waals surface area (Å²) in [5.74, 6) is -0.0140. The first kappa shape index (κ1) is 24.3. The molecule has 2 aromatic rings. The van der Waals surface area contributed by atoms with Crippen LogP contribution in [-0.4, -0.2) is 65.6 Å². The van der Waals surface area contributed by atoms with Crippen molar-refractivity contribution in [3.05, 3.63) is 65.7 Å². The van der Waals surface area contributed by atoms with E-state index in [-0.39, 0.29) is 36.9 Å². The van der Waals surface area contributed by atoms with Gasteiger partial charge >= 0.3 is 6.09 Å². The van der Waals surface area contributed by atoms with Gasteiger partial charge in [0, 0.05) is 6.04 Å². The van der Waals surface area contributed by atoms with Crippen molar-refractivity contribution in [1.82, 2.24) is 15.1 Å². The molecule has 36 heavy (non-hydrogen) atoms. The maximum absolute atomic E-state index is 13.8. The van der Waals surface area contributed by atoms with Gasteiger partial charge in [0.1, 0.15) is 18.8 Å². The van der Waals surface area contributed by atoms with E-state index < -0.39 is 18.3 Å². The lowest BCUT2D eigenvalue weighted by Crippen LogP contribution is -2.72. The van der Waals surface area contributed by atoms with Crippen LogP contribution in [0.2, 0.25) is 0 Å². The van der Waals surface area contributed by atoms with Gasteiger partial charge in [0.2, 0.25) is 5.91 Å². The Morgan fingerprint density at radius 3 is 2.44 bits per heavy atom. The molecular weight excluding hydrogens is 456 g/mol. The Labute approximate surface area is 212 Å². The number of para-hydroxylation sites is 1. The van der Waals surface area contributed by atoms with E-state index >= 15 is 0 Å². The first-order valence-corrected chi connectivity index (χ1v) is 12.9. The number of carbonyl (C=O) groups is 3. The number of fused-ring (bicyclic) bond motifs is 2. The monoisotopic (exact) mass is 490 g/mol. The number of carbonyl (C=O) groups excluding carboxylic acids is 3. The molecule has 3 amide bonds. The van der Waals surface area contributed by atoms with E-state index in [4.69, 9.17) is 4.74 Å². The highest BCUT2D eigenvalue weighted by molar-refractivity contribution is 6.08. The maximum Gasteiger partial charge on any atom is 0.416 e. The van der Waals surface area contributed by atoms with Crippen LogP contribution < -0.4 is 10.2 Å². The predicted molar refractivity (Wildman–Crippen MR) is 136 cm³/mol. The Kier molecular flexibility index (Phi) is 6.96. The van der Waals surface area contributed by atoms with Crippen molar-refractivity contribution in [3.8, 4) is 0 Å². The summed E-state index contributed by atoms with van der Waals surface area (Å²) >= 11 is 0.